The monoisotopic (exact) mass is 505 g/mol. The molecule has 1 aliphatic rings. The first-order valence-electron chi connectivity index (χ1n) is 8.31. The molecule has 1 fully saturated rings. The van der Waals surface area contributed by atoms with Crippen LogP contribution in [0.3, 0.4) is 0 Å². The molecular formula is C17H17BrNO5PSe. The third-order valence-electron chi connectivity index (χ3n) is 4.67. The minimum absolute atomic E-state index is 0.00467. The van der Waals surface area contributed by atoms with Crippen LogP contribution < -0.4 is 10.9 Å². The predicted octanol–water partition coefficient (Wildman–Crippen LogP) is 2.55. The Kier molecular flexibility index (Phi) is 5.03. The molecular weight excluding hydrogens is 488 g/mol. The molecule has 26 heavy (non-hydrogen) atoms. The van der Waals surface area contributed by atoms with Crippen molar-refractivity contribution in [3.8, 4) is 0 Å². The first-order valence-corrected chi connectivity index (χ1v) is 12.4. The Balaban J connectivity index is 1.84. The van der Waals surface area contributed by atoms with Crippen molar-refractivity contribution in [2.24, 2.45) is 0 Å². The Hall–Kier alpha value is -0.721. The van der Waals surface area contributed by atoms with Crippen molar-refractivity contribution in [1.82, 2.24) is 4.90 Å². The summed E-state index contributed by atoms with van der Waals surface area (Å²) in [4.78, 5) is 33.2. The Labute approximate surface area is 163 Å². The zero-order valence-electron chi connectivity index (χ0n) is 13.8. The van der Waals surface area contributed by atoms with E-state index in [1.807, 2.05) is 6.07 Å². The molecule has 1 aromatic carbocycles. The molecule has 2 N–H and O–H groups in total. The van der Waals surface area contributed by atoms with Gasteiger partial charge in [-0.1, -0.05) is 0 Å². The third-order valence-corrected chi connectivity index (χ3v) is 9.61. The van der Waals surface area contributed by atoms with Crippen LogP contribution in [0.25, 0.3) is 20.6 Å². The number of likely N-dealkylation sites (tertiary alicyclic amines) is 1. The van der Waals surface area contributed by atoms with E-state index in [1.54, 1.807) is 6.07 Å². The number of nitrogens with zero attached hydrogens (tertiary/aromatic N) is 1. The normalized spacial score (nSPS) is 16.6. The van der Waals surface area contributed by atoms with Gasteiger partial charge in [-0.2, -0.15) is 0 Å². The molecule has 2 aromatic heterocycles. The van der Waals surface area contributed by atoms with Gasteiger partial charge in [0.05, 0.1) is 0 Å². The average molecular weight is 505 g/mol. The van der Waals surface area contributed by atoms with Crippen molar-refractivity contribution in [2.45, 2.75) is 25.8 Å². The Morgan fingerprint density at radius 3 is 2.65 bits per heavy atom. The van der Waals surface area contributed by atoms with E-state index in [0.29, 0.717) is 11.0 Å². The SMILES string of the molecule is O=c1oc2c(ccc3c(Br)c(CN4CCCCC4)[se]c32)cc1P(=O)(O)O. The van der Waals surface area contributed by atoms with E-state index >= 15 is 0 Å². The maximum atomic E-state index is 12.1. The Morgan fingerprint density at radius 2 is 1.96 bits per heavy atom. The number of benzene rings is 1. The fraction of sp³-hybridized carbons (Fsp3) is 0.353. The molecule has 0 spiro atoms. The molecule has 6 nitrogen and oxygen atoms in total. The van der Waals surface area contributed by atoms with Crippen LogP contribution in [0.4, 0.5) is 0 Å². The van der Waals surface area contributed by atoms with E-state index in [1.165, 1.54) is 29.8 Å². The van der Waals surface area contributed by atoms with E-state index < -0.39 is 18.5 Å². The van der Waals surface area contributed by atoms with E-state index in [0.717, 1.165) is 33.8 Å². The second-order valence-electron chi connectivity index (χ2n) is 6.50. The molecule has 0 bridgehead atoms. The molecule has 0 amide bonds. The summed E-state index contributed by atoms with van der Waals surface area (Å²) in [6.07, 6.45) is 3.75. The van der Waals surface area contributed by atoms with Gasteiger partial charge in [0.25, 0.3) is 0 Å². The summed E-state index contributed by atoms with van der Waals surface area (Å²) in [7, 11) is -4.66. The molecule has 0 aliphatic carbocycles. The van der Waals surface area contributed by atoms with Crippen LogP contribution in [-0.4, -0.2) is 42.3 Å². The molecule has 0 saturated carbocycles. The summed E-state index contributed by atoms with van der Waals surface area (Å²) < 4.78 is 20.2. The molecule has 0 unspecified atom stereocenters. The van der Waals surface area contributed by atoms with Gasteiger partial charge < -0.3 is 0 Å². The molecule has 3 aromatic rings. The Bertz CT molecular complexity index is 1100. The van der Waals surface area contributed by atoms with Gasteiger partial charge in [0.1, 0.15) is 0 Å². The minimum atomic E-state index is -4.66. The summed E-state index contributed by atoms with van der Waals surface area (Å²) in [5, 5.41) is 0.968. The second kappa shape index (κ2) is 7.02. The van der Waals surface area contributed by atoms with Crippen molar-refractivity contribution in [1.29, 1.82) is 0 Å². The quantitative estimate of drug-likeness (QED) is 0.323. The second-order valence-corrected chi connectivity index (χ2v) is 11.2. The van der Waals surface area contributed by atoms with Crippen molar-refractivity contribution in [2.75, 3.05) is 13.1 Å². The van der Waals surface area contributed by atoms with E-state index in [4.69, 9.17) is 4.42 Å². The standard InChI is InChI=1S/C17H17BrNO5PSe/c18-14-11-5-4-10-8-12(25(21,22)23)17(20)24-15(10)16(11)26-13(14)9-19-6-2-1-3-7-19/h4-5,8H,1-3,6-7,9H2,(H2,21,22,23). The molecule has 9 heteroatoms. The number of rotatable bonds is 3. The molecule has 0 atom stereocenters. The van der Waals surface area contributed by atoms with Crippen LogP contribution in [-0.2, 0) is 11.1 Å². The van der Waals surface area contributed by atoms with Crippen LogP contribution in [0.2, 0.25) is 0 Å². The Morgan fingerprint density at radius 1 is 1.23 bits per heavy atom. The van der Waals surface area contributed by atoms with Crippen LogP contribution in [0.15, 0.2) is 31.9 Å². The summed E-state index contributed by atoms with van der Waals surface area (Å²) in [5.74, 6) is 0. The topological polar surface area (TPSA) is 91.0 Å². The summed E-state index contributed by atoms with van der Waals surface area (Å²) in [6.45, 7) is 3.12. The van der Waals surface area contributed by atoms with E-state index in [-0.39, 0.29) is 14.5 Å². The van der Waals surface area contributed by atoms with Gasteiger partial charge in [-0.25, -0.2) is 0 Å². The maximum absolute atomic E-state index is 12.1. The number of fused-ring (bicyclic) bond motifs is 3. The van der Waals surface area contributed by atoms with Gasteiger partial charge in [-0.15, -0.1) is 0 Å². The van der Waals surface area contributed by atoms with Gasteiger partial charge in [0.15, 0.2) is 0 Å². The van der Waals surface area contributed by atoms with Crippen molar-refractivity contribution < 1.29 is 18.8 Å². The zero-order chi connectivity index (χ0) is 18.5. The molecule has 138 valence electrons. The fourth-order valence-electron chi connectivity index (χ4n) is 3.37. The fourth-order valence-corrected chi connectivity index (χ4v) is 7.70. The number of hydrogen-bond acceptors (Lipinski definition) is 4. The summed E-state index contributed by atoms with van der Waals surface area (Å²) >= 11 is 3.71. The predicted molar refractivity (Wildman–Crippen MR) is 105 cm³/mol. The average Bonchev–Trinajstić information content (AvgIpc) is 2.91. The van der Waals surface area contributed by atoms with E-state index in [2.05, 4.69) is 20.8 Å². The molecule has 3 heterocycles. The van der Waals surface area contributed by atoms with Crippen LogP contribution >= 0.6 is 23.5 Å². The number of piperidine rings is 1. The van der Waals surface area contributed by atoms with Crippen molar-refractivity contribution in [3.63, 3.8) is 0 Å². The first-order chi connectivity index (χ1) is 12.3. The molecule has 1 saturated heterocycles. The summed E-state index contributed by atoms with van der Waals surface area (Å²) in [5.41, 5.74) is -0.522. The van der Waals surface area contributed by atoms with Gasteiger partial charge in [0, 0.05) is 0 Å². The summed E-state index contributed by atoms with van der Waals surface area (Å²) in [6, 6.07) is 4.93. The van der Waals surface area contributed by atoms with Gasteiger partial charge in [-0.05, 0) is 0 Å². The van der Waals surface area contributed by atoms with Gasteiger partial charge in [-0.3, -0.25) is 0 Å². The van der Waals surface area contributed by atoms with Crippen LogP contribution in [0, 0.1) is 0 Å². The van der Waals surface area contributed by atoms with Crippen molar-refractivity contribution >= 4 is 63.9 Å². The number of halogens is 1. The van der Waals surface area contributed by atoms with Gasteiger partial charge >= 0.3 is 164 Å². The number of hydrogen-bond donors (Lipinski definition) is 2. The van der Waals surface area contributed by atoms with E-state index in [9.17, 15) is 19.1 Å². The third kappa shape index (κ3) is 3.40. The van der Waals surface area contributed by atoms with Crippen LogP contribution in [0.5, 0.6) is 0 Å². The molecule has 4 rings (SSSR count). The van der Waals surface area contributed by atoms with Gasteiger partial charge in [0.2, 0.25) is 0 Å². The molecule has 0 radical (unpaired) electrons. The molecule has 1 aliphatic heterocycles. The first kappa shape index (κ1) is 18.6. The van der Waals surface area contributed by atoms with Crippen molar-refractivity contribution in [3.05, 3.63) is 37.5 Å². The van der Waals surface area contributed by atoms with Crippen LogP contribution in [0.1, 0.15) is 23.7 Å². The zero-order valence-corrected chi connectivity index (χ0v) is 18.0.